The molecule has 2 aromatic carbocycles. The van der Waals surface area contributed by atoms with E-state index in [-0.39, 0.29) is 5.78 Å². The lowest BCUT2D eigenvalue weighted by atomic mass is 10.0. The summed E-state index contributed by atoms with van der Waals surface area (Å²) in [6.07, 6.45) is 1.24. The Morgan fingerprint density at radius 1 is 1.10 bits per heavy atom. The van der Waals surface area contributed by atoms with Crippen LogP contribution in [0.5, 0.6) is 11.5 Å². The summed E-state index contributed by atoms with van der Waals surface area (Å²) >= 11 is 0. The highest BCUT2D eigenvalue weighted by Crippen LogP contribution is 2.30. The molecule has 0 saturated carbocycles. The minimum absolute atomic E-state index is 0.0691. The number of fused-ring (bicyclic) bond motifs is 1. The summed E-state index contributed by atoms with van der Waals surface area (Å²) in [4.78, 5) is 12.2. The highest BCUT2D eigenvalue weighted by Gasteiger charge is 2.20. The second-order valence-electron chi connectivity index (χ2n) is 4.73. The van der Waals surface area contributed by atoms with E-state index in [0.29, 0.717) is 25.2 Å². The molecule has 2 aromatic rings. The maximum atomic E-state index is 12.2. The molecule has 1 aliphatic heterocycles. The molecule has 0 radical (unpaired) electrons. The van der Waals surface area contributed by atoms with Gasteiger partial charge in [-0.25, -0.2) is 0 Å². The van der Waals surface area contributed by atoms with Crippen molar-refractivity contribution in [3.05, 3.63) is 59.7 Å². The van der Waals surface area contributed by atoms with Crippen LogP contribution < -0.4 is 9.47 Å². The molecule has 0 spiro atoms. The maximum absolute atomic E-state index is 12.2. The molecule has 3 rings (SSSR count). The zero-order valence-corrected chi connectivity index (χ0v) is 11.2. The molecule has 0 atom stereocenters. The molecular weight excluding hydrogens is 252 g/mol. The minimum atomic E-state index is 0.0691. The second-order valence-corrected chi connectivity index (χ2v) is 4.73. The Morgan fingerprint density at radius 2 is 1.95 bits per heavy atom. The zero-order valence-electron chi connectivity index (χ0n) is 11.2. The van der Waals surface area contributed by atoms with Crippen molar-refractivity contribution in [3.63, 3.8) is 0 Å². The monoisotopic (exact) mass is 268 g/mol. The van der Waals surface area contributed by atoms with Crippen molar-refractivity contribution in [2.24, 2.45) is 0 Å². The number of carbonyl (C=O) groups is 1. The van der Waals surface area contributed by atoms with Crippen LogP contribution in [0.25, 0.3) is 0 Å². The van der Waals surface area contributed by atoms with Gasteiger partial charge in [-0.1, -0.05) is 30.3 Å². The molecule has 20 heavy (non-hydrogen) atoms. The van der Waals surface area contributed by atoms with Crippen molar-refractivity contribution in [1.29, 1.82) is 0 Å². The van der Waals surface area contributed by atoms with Crippen molar-refractivity contribution in [2.75, 3.05) is 13.2 Å². The van der Waals surface area contributed by atoms with E-state index in [2.05, 4.69) is 0 Å². The summed E-state index contributed by atoms with van der Waals surface area (Å²) in [5.41, 5.74) is 1.80. The minimum Gasteiger partial charge on any atom is -0.493 e. The highest BCUT2D eigenvalue weighted by atomic mass is 16.5. The fourth-order valence-electron chi connectivity index (χ4n) is 2.35. The normalized spacial score (nSPS) is 12.6. The molecular formula is C17H16O3. The van der Waals surface area contributed by atoms with Crippen LogP contribution in [0.1, 0.15) is 22.3 Å². The predicted molar refractivity (Wildman–Crippen MR) is 76.5 cm³/mol. The average Bonchev–Trinajstić information content (AvgIpc) is 2.96. The molecule has 0 fully saturated rings. The third kappa shape index (κ3) is 2.67. The Kier molecular flexibility index (Phi) is 3.68. The van der Waals surface area contributed by atoms with Crippen LogP contribution in [0.15, 0.2) is 48.5 Å². The van der Waals surface area contributed by atoms with Gasteiger partial charge in [0.25, 0.3) is 0 Å². The summed E-state index contributed by atoms with van der Waals surface area (Å²) in [6, 6.07) is 15.3. The number of hydrogen-bond acceptors (Lipinski definition) is 3. The molecule has 0 bridgehead atoms. The van der Waals surface area contributed by atoms with Gasteiger partial charge in [0.2, 0.25) is 0 Å². The van der Waals surface area contributed by atoms with Crippen LogP contribution in [0, 0.1) is 0 Å². The van der Waals surface area contributed by atoms with Gasteiger partial charge >= 0.3 is 0 Å². The second kappa shape index (κ2) is 5.78. The maximum Gasteiger partial charge on any atom is 0.170 e. The Hall–Kier alpha value is -2.29. The molecule has 0 unspecified atom stereocenters. The number of hydrogen-bond donors (Lipinski definition) is 0. The molecule has 0 amide bonds. The first-order valence-corrected chi connectivity index (χ1v) is 6.80. The van der Waals surface area contributed by atoms with E-state index in [1.807, 2.05) is 48.5 Å². The number of rotatable bonds is 5. The first-order valence-electron chi connectivity index (χ1n) is 6.80. The zero-order chi connectivity index (χ0) is 13.8. The third-order valence-corrected chi connectivity index (χ3v) is 3.36. The average molecular weight is 268 g/mol. The molecule has 102 valence electrons. The van der Waals surface area contributed by atoms with Gasteiger partial charge in [0, 0.05) is 12.8 Å². The van der Waals surface area contributed by atoms with E-state index in [1.165, 1.54) is 0 Å². The smallest absolute Gasteiger partial charge is 0.170 e. The number of ether oxygens (including phenoxy) is 2. The summed E-state index contributed by atoms with van der Waals surface area (Å²) in [5, 5.41) is 0. The van der Waals surface area contributed by atoms with E-state index >= 15 is 0 Å². The number of para-hydroxylation sites is 2. The van der Waals surface area contributed by atoms with Gasteiger partial charge in [-0.2, -0.15) is 0 Å². The lowest BCUT2D eigenvalue weighted by molar-refractivity contribution is 0.0959. The molecule has 3 nitrogen and oxygen atoms in total. The molecule has 3 heteroatoms. The molecule has 0 aliphatic carbocycles. The predicted octanol–water partition coefficient (Wildman–Crippen LogP) is 3.27. The Labute approximate surface area is 118 Å². The fraction of sp³-hybridized carbons (Fsp3) is 0.235. The van der Waals surface area contributed by atoms with Crippen LogP contribution in [0.2, 0.25) is 0 Å². The largest absolute Gasteiger partial charge is 0.493 e. The van der Waals surface area contributed by atoms with Gasteiger partial charge in [0.1, 0.15) is 11.5 Å². The van der Waals surface area contributed by atoms with Crippen LogP contribution in [0.4, 0.5) is 0 Å². The van der Waals surface area contributed by atoms with Gasteiger partial charge in [-0.05, 0) is 23.8 Å². The Morgan fingerprint density at radius 3 is 2.80 bits per heavy atom. The number of carbonyl (C=O) groups excluding carboxylic acids is 1. The first-order chi connectivity index (χ1) is 9.84. The molecule has 0 saturated heterocycles. The van der Waals surface area contributed by atoms with Gasteiger partial charge in [0.15, 0.2) is 5.78 Å². The lowest BCUT2D eigenvalue weighted by Crippen LogP contribution is -2.08. The lowest BCUT2D eigenvalue weighted by Gasteiger charge is -2.08. The molecule has 0 N–H and O–H groups in total. The summed E-state index contributed by atoms with van der Waals surface area (Å²) in [5.74, 6) is 1.62. The van der Waals surface area contributed by atoms with Gasteiger partial charge in [-0.15, -0.1) is 0 Å². The van der Waals surface area contributed by atoms with Gasteiger partial charge in [0.05, 0.1) is 18.8 Å². The van der Waals surface area contributed by atoms with Crippen molar-refractivity contribution >= 4 is 5.78 Å². The van der Waals surface area contributed by atoms with E-state index in [1.54, 1.807) is 0 Å². The summed E-state index contributed by atoms with van der Waals surface area (Å²) in [7, 11) is 0. The number of Topliss-reactive ketones (excluding diaryl/α,β-unsaturated/α-hetero) is 1. The standard InChI is InChI=1S/C17H16O3/c18-16(10-12-19-14-6-2-1-3-7-14)15-8-4-5-13-9-11-20-17(13)15/h1-8H,9-12H2. The third-order valence-electron chi connectivity index (χ3n) is 3.36. The number of ketones is 1. The van der Waals surface area contributed by atoms with Crippen LogP contribution in [-0.2, 0) is 6.42 Å². The summed E-state index contributed by atoms with van der Waals surface area (Å²) < 4.78 is 11.1. The van der Waals surface area contributed by atoms with Crippen molar-refractivity contribution < 1.29 is 14.3 Å². The van der Waals surface area contributed by atoms with E-state index in [0.717, 1.165) is 23.5 Å². The van der Waals surface area contributed by atoms with Crippen LogP contribution in [-0.4, -0.2) is 19.0 Å². The molecule has 0 aromatic heterocycles. The van der Waals surface area contributed by atoms with Crippen LogP contribution in [0.3, 0.4) is 0 Å². The van der Waals surface area contributed by atoms with Gasteiger partial charge < -0.3 is 9.47 Å². The topological polar surface area (TPSA) is 35.5 Å². The molecule has 1 heterocycles. The fourth-order valence-corrected chi connectivity index (χ4v) is 2.35. The number of benzene rings is 2. The van der Waals surface area contributed by atoms with Crippen LogP contribution >= 0.6 is 0 Å². The first kappa shape index (κ1) is 12.7. The highest BCUT2D eigenvalue weighted by molar-refractivity contribution is 5.99. The summed E-state index contributed by atoms with van der Waals surface area (Å²) in [6.45, 7) is 1.05. The van der Waals surface area contributed by atoms with E-state index in [4.69, 9.17) is 9.47 Å². The van der Waals surface area contributed by atoms with E-state index in [9.17, 15) is 4.79 Å². The van der Waals surface area contributed by atoms with Gasteiger partial charge in [-0.3, -0.25) is 4.79 Å². The van der Waals surface area contributed by atoms with Crippen molar-refractivity contribution in [3.8, 4) is 11.5 Å². The van der Waals surface area contributed by atoms with Crippen molar-refractivity contribution in [1.82, 2.24) is 0 Å². The Bertz CT molecular complexity index is 605. The molecule has 1 aliphatic rings. The quantitative estimate of drug-likeness (QED) is 0.781. The van der Waals surface area contributed by atoms with E-state index < -0.39 is 0 Å². The SMILES string of the molecule is O=C(CCOc1ccccc1)c1cccc2c1OCC2. The Balaban J connectivity index is 1.61. The van der Waals surface area contributed by atoms with Crippen molar-refractivity contribution in [2.45, 2.75) is 12.8 Å².